The summed E-state index contributed by atoms with van der Waals surface area (Å²) in [6, 6.07) is -2.40. The van der Waals surface area contributed by atoms with Crippen molar-refractivity contribution in [3.8, 4) is 0 Å². The van der Waals surface area contributed by atoms with Gasteiger partial charge >= 0.3 is 0 Å². The average Bonchev–Trinajstić information content (AvgIpc) is 2.89. The molecule has 2 rings (SSSR count). The van der Waals surface area contributed by atoms with Crippen molar-refractivity contribution >= 4 is 36.5 Å². The summed E-state index contributed by atoms with van der Waals surface area (Å²) >= 11 is 0. The summed E-state index contributed by atoms with van der Waals surface area (Å²) in [5.74, 6) is -0.164. The molecular formula is C25H30N6O6. The van der Waals surface area contributed by atoms with E-state index in [2.05, 4.69) is 30.0 Å². The first-order chi connectivity index (χ1) is 18.1. The second-order valence-corrected chi connectivity index (χ2v) is 9.48. The standard InChI is InChI=1S/C25H30N6O6/c32-12-26-9-3-1-2-4-22(29-15-35)25(18-5-7-20(27-13-33)23(10-18)30-16-36)19-6-8-21(28-14-34)24(11-19)31-17-37/h18-25H,1-11H2. The Bertz CT molecular complexity index is 986. The molecule has 0 spiro atoms. The largest absolute Gasteiger partial charge is 0.235 e. The second-order valence-electron chi connectivity index (χ2n) is 9.48. The molecule has 196 valence electrons. The van der Waals surface area contributed by atoms with Crippen molar-refractivity contribution < 1.29 is 28.8 Å². The Morgan fingerprint density at radius 2 is 1.08 bits per heavy atom. The molecule has 0 bridgehead atoms. The molecule has 0 aromatic carbocycles. The molecule has 2 aliphatic carbocycles. The van der Waals surface area contributed by atoms with Gasteiger partial charge in [-0.05, 0) is 69.1 Å². The summed E-state index contributed by atoms with van der Waals surface area (Å²) in [5.41, 5.74) is 0. The predicted octanol–water partition coefficient (Wildman–Crippen LogP) is 2.62. The number of aliphatic imine (C=N–C) groups is 6. The van der Waals surface area contributed by atoms with Crippen LogP contribution in [0.5, 0.6) is 0 Å². The van der Waals surface area contributed by atoms with Crippen LogP contribution < -0.4 is 0 Å². The SMILES string of the molecule is O=C=NCCCCCC(N=C=O)C(C1CCC(N=C=O)C(N=C=O)C1)C1CCC(N=C=O)C(N=C=O)C1. The molecule has 2 saturated carbocycles. The highest BCUT2D eigenvalue weighted by molar-refractivity contribution is 5.37. The van der Waals surface area contributed by atoms with Crippen molar-refractivity contribution in [1.82, 2.24) is 0 Å². The predicted molar refractivity (Wildman–Crippen MR) is 129 cm³/mol. The van der Waals surface area contributed by atoms with Crippen LogP contribution in [0.1, 0.15) is 64.2 Å². The molecule has 37 heavy (non-hydrogen) atoms. The fraction of sp³-hybridized carbons (Fsp3) is 0.760. The second kappa shape index (κ2) is 16.9. The third-order valence-electron chi connectivity index (χ3n) is 7.60. The zero-order valence-electron chi connectivity index (χ0n) is 20.5. The van der Waals surface area contributed by atoms with Gasteiger partial charge in [0, 0.05) is 0 Å². The topological polar surface area (TPSA) is 177 Å². The number of isocyanates is 6. The van der Waals surface area contributed by atoms with Crippen molar-refractivity contribution in [2.24, 2.45) is 47.7 Å². The normalized spacial score (nSPS) is 28.2. The first-order valence-corrected chi connectivity index (χ1v) is 12.5. The smallest absolute Gasteiger partial charge is 0.211 e. The van der Waals surface area contributed by atoms with Gasteiger partial charge in [0.15, 0.2) is 0 Å². The van der Waals surface area contributed by atoms with Crippen molar-refractivity contribution in [2.75, 3.05) is 6.54 Å². The van der Waals surface area contributed by atoms with Gasteiger partial charge in [-0.2, -0.15) is 0 Å². The van der Waals surface area contributed by atoms with Gasteiger partial charge in [0.2, 0.25) is 36.5 Å². The highest BCUT2D eigenvalue weighted by Crippen LogP contribution is 2.45. The Hall–Kier alpha value is -3.72. The molecule has 0 heterocycles. The van der Waals surface area contributed by atoms with E-state index in [0.717, 1.165) is 12.8 Å². The number of unbranched alkanes of at least 4 members (excludes halogenated alkanes) is 2. The molecule has 0 aromatic rings. The third kappa shape index (κ3) is 9.02. The van der Waals surface area contributed by atoms with E-state index < -0.39 is 24.2 Å². The summed E-state index contributed by atoms with van der Waals surface area (Å²) in [6.45, 7) is 0.383. The maximum absolute atomic E-state index is 11.5. The van der Waals surface area contributed by atoms with E-state index in [9.17, 15) is 28.8 Å². The average molecular weight is 511 g/mol. The summed E-state index contributed by atoms with van der Waals surface area (Å²) < 4.78 is 0. The molecule has 2 aliphatic rings. The van der Waals surface area contributed by atoms with Crippen LogP contribution in [0.2, 0.25) is 0 Å². The minimum Gasteiger partial charge on any atom is -0.211 e. The lowest BCUT2D eigenvalue weighted by atomic mass is 9.63. The Balaban J connectivity index is 2.35. The third-order valence-corrected chi connectivity index (χ3v) is 7.60. The van der Waals surface area contributed by atoms with Crippen LogP contribution >= 0.6 is 0 Å². The zero-order valence-corrected chi connectivity index (χ0v) is 20.5. The van der Waals surface area contributed by atoms with E-state index in [4.69, 9.17) is 0 Å². The van der Waals surface area contributed by atoms with Gasteiger partial charge in [0.1, 0.15) is 0 Å². The van der Waals surface area contributed by atoms with E-state index in [1.807, 2.05) is 0 Å². The monoisotopic (exact) mass is 510 g/mol. The van der Waals surface area contributed by atoms with Gasteiger partial charge in [-0.15, -0.1) is 0 Å². The number of rotatable bonds is 14. The van der Waals surface area contributed by atoms with E-state index >= 15 is 0 Å². The first-order valence-electron chi connectivity index (χ1n) is 12.5. The molecule has 0 aromatic heterocycles. The minimum absolute atomic E-state index is 0.0149. The lowest BCUT2D eigenvalue weighted by molar-refractivity contribution is 0.0943. The van der Waals surface area contributed by atoms with Gasteiger partial charge in [0.05, 0.1) is 36.8 Å². The lowest BCUT2D eigenvalue weighted by Gasteiger charge is -2.44. The quantitative estimate of drug-likeness (QED) is 0.197. The molecule has 12 nitrogen and oxygen atoms in total. The highest BCUT2D eigenvalue weighted by atomic mass is 16.1. The van der Waals surface area contributed by atoms with E-state index in [1.165, 1.54) is 6.08 Å². The molecule has 0 amide bonds. The Kier molecular flexibility index (Phi) is 13.4. The number of hydrogen-bond donors (Lipinski definition) is 0. The highest BCUT2D eigenvalue weighted by Gasteiger charge is 2.44. The molecule has 2 fully saturated rings. The zero-order chi connectivity index (χ0) is 26.9. The van der Waals surface area contributed by atoms with Crippen LogP contribution in [0.3, 0.4) is 0 Å². The van der Waals surface area contributed by atoms with Crippen LogP contribution in [0.25, 0.3) is 0 Å². The molecule has 12 heteroatoms. The van der Waals surface area contributed by atoms with Gasteiger partial charge < -0.3 is 0 Å². The van der Waals surface area contributed by atoms with Gasteiger partial charge in [-0.3, -0.25) is 0 Å². The van der Waals surface area contributed by atoms with Crippen molar-refractivity contribution in [1.29, 1.82) is 0 Å². The van der Waals surface area contributed by atoms with Crippen LogP contribution in [0, 0.1) is 17.8 Å². The summed E-state index contributed by atoms with van der Waals surface area (Å²) in [4.78, 5) is 88.8. The minimum atomic E-state index is -0.540. The van der Waals surface area contributed by atoms with Crippen LogP contribution in [0.15, 0.2) is 30.0 Å². The molecule has 0 aliphatic heterocycles. The summed E-state index contributed by atoms with van der Waals surface area (Å²) in [6.07, 6.45) is 15.5. The van der Waals surface area contributed by atoms with Crippen LogP contribution in [-0.2, 0) is 28.8 Å². The van der Waals surface area contributed by atoms with Gasteiger partial charge in [0.25, 0.3) is 0 Å². The number of hydrogen-bond acceptors (Lipinski definition) is 12. The summed E-state index contributed by atoms with van der Waals surface area (Å²) in [5, 5.41) is 0. The Morgan fingerprint density at radius 3 is 1.54 bits per heavy atom. The lowest BCUT2D eigenvalue weighted by Crippen LogP contribution is -2.44. The molecular weight excluding hydrogens is 480 g/mol. The maximum Gasteiger partial charge on any atom is 0.235 e. The summed E-state index contributed by atoms with van der Waals surface area (Å²) in [7, 11) is 0. The Labute approximate surface area is 214 Å². The van der Waals surface area contributed by atoms with Gasteiger partial charge in [-0.1, -0.05) is 12.8 Å². The molecule has 0 radical (unpaired) electrons. The molecule has 7 atom stereocenters. The molecule has 0 N–H and O–H groups in total. The van der Waals surface area contributed by atoms with E-state index in [-0.39, 0.29) is 23.8 Å². The van der Waals surface area contributed by atoms with Crippen molar-refractivity contribution in [3.63, 3.8) is 0 Å². The van der Waals surface area contributed by atoms with Crippen molar-refractivity contribution in [3.05, 3.63) is 0 Å². The first kappa shape index (κ1) is 29.5. The number of nitrogens with zero attached hydrogens (tertiary/aromatic N) is 6. The fourth-order valence-corrected chi connectivity index (χ4v) is 6.06. The van der Waals surface area contributed by atoms with Gasteiger partial charge in [-0.25, -0.2) is 58.7 Å². The van der Waals surface area contributed by atoms with E-state index in [1.54, 1.807) is 30.4 Å². The maximum atomic E-state index is 11.5. The molecule has 7 unspecified atom stereocenters. The van der Waals surface area contributed by atoms with Crippen molar-refractivity contribution in [2.45, 2.75) is 94.4 Å². The number of carbonyl (C=O) groups excluding carboxylic acids is 6. The van der Waals surface area contributed by atoms with Crippen LogP contribution in [0.4, 0.5) is 0 Å². The molecule has 0 saturated heterocycles. The van der Waals surface area contributed by atoms with Crippen LogP contribution in [-0.4, -0.2) is 73.2 Å². The Morgan fingerprint density at radius 1 is 0.568 bits per heavy atom. The van der Waals surface area contributed by atoms with E-state index in [0.29, 0.717) is 57.9 Å². The fourth-order valence-electron chi connectivity index (χ4n) is 6.06.